The molecule has 0 aromatic heterocycles. The summed E-state index contributed by atoms with van der Waals surface area (Å²) in [6.07, 6.45) is 1.32. The maximum atomic E-state index is 11.7. The zero-order chi connectivity index (χ0) is 13.8. The van der Waals surface area contributed by atoms with Crippen LogP contribution in [0.4, 0.5) is 0 Å². The van der Waals surface area contributed by atoms with Crippen molar-refractivity contribution in [2.24, 2.45) is 23.2 Å². The molecule has 0 aromatic carbocycles. The van der Waals surface area contributed by atoms with Crippen molar-refractivity contribution in [2.75, 3.05) is 0 Å². The zero-order valence-electron chi connectivity index (χ0n) is 11.4. The summed E-state index contributed by atoms with van der Waals surface area (Å²) in [6.45, 7) is 8.98. The van der Waals surface area contributed by atoms with Gasteiger partial charge in [0.15, 0.2) is 0 Å². The second-order valence-corrected chi connectivity index (χ2v) is 4.92. The smallest absolute Gasteiger partial charge is 0.311 e. The first kappa shape index (κ1) is 15.9. The third kappa shape index (κ3) is 2.61. The van der Waals surface area contributed by atoms with Gasteiger partial charge in [-0.25, -0.2) is 0 Å². The number of aliphatic carboxylic acids is 2. The maximum Gasteiger partial charge on any atom is 0.311 e. The normalized spacial score (nSPS) is 20.1. The van der Waals surface area contributed by atoms with Gasteiger partial charge in [-0.3, -0.25) is 9.59 Å². The Morgan fingerprint density at radius 3 is 1.53 bits per heavy atom. The minimum atomic E-state index is -1.19. The predicted molar refractivity (Wildman–Crippen MR) is 65.8 cm³/mol. The Labute approximate surface area is 103 Å². The molecule has 4 nitrogen and oxygen atoms in total. The first-order valence-electron chi connectivity index (χ1n) is 6.22. The molecule has 0 aliphatic heterocycles. The fourth-order valence-electron chi connectivity index (χ4n) is 2.83. The molecule has 100 valence electrons. The minimum Gasteiger partial charge on any atom is -0.481 e. The number of carboxylic acid groups (broad SMARTS) is 2. The quantitative estimate of drug-likeness (QED) is 0.722. The molecule has 0 rings (SSSR count). The highest BCUT2D eigenvalue weighted by atomic mass is 16.4. The van der Waals surface area contributed by atoms with Crippen LogP contribution >= 0.6 is 0 Å². The van der Waals surface area contributed by atoms with E-state index in [1.54, 1.807) is 0 Å². The van der Waals surface area contributed by atoms with E-state index < -0.39 is 23.3 Å². The van der Waals surface area contributed by atoms with Crippen LogP contribution in [0.25, 0.3) is 0 Å². The first-order valence-corrected chi connectivity index (χ1v) is 6.22. The third-order valence-electron chi connectivity index (χ3n) is 4.31. The summed E-state index contributed by atoms with van der Waals surface area (Å²) in [4.78, 5) is 22.9. The molecule has 3 atom stereocenters. The van der Waals surface area contributed by atoms with Crippen molar-refractivity contribution in [1.29, 1.82) is 0 Å². The van der Waals surface area contributed by atoms with E-state index in [0.717, 1.165) is 0 Å². The van der Waals surface area contributed by atoms with Crippen molar-refractivity contribution in [3.8, 4) is 0 Å². The molecule has 0 saturated carbocycles. The van der Waals surface area contributed by atoms with Gasteiger partial charge in [0.25, 0.3) is 0 Å². The molecular weight excluding hydrogens is 220 g/mol. The van der Waals surface area contributed by atoms with Crippen molar-refractivity contribution >= 4 is 11.9 Å². The lowest BCUT2D eigenvalue weighted by Gasteiger charge is -2.42. The van der Waals surface area contributed by atoms with E-state index in [4.69, 9.17) is 0 Å². The van der Waals surface area contributed by atoms with Gasteiger partial charge in [0.05, 0.1) is 11.3 Å². The lowest BCUT2D eigenvalue weighted by molar-refractivity contribution is -0.172. The molecule has 3 unspecified atom stereocenters. The standard InChI is InChI=1S/C13H24O4/c1-6-8(3)13(12(16)17,9(4)7-2)10(5)11(14)15/h8-10H,6-7H2,1-5H3,(H,14,15)(H,16,17). The zero-order valence-corrected chi connectivity index (χ0v) is 11.4. The molecule has 0 fully saturated rings. The van der Waals surface area contributed by atoms with Gasteiger partial charge >= 0.3 is 11.9 Å². The van der Waals surface area contributed by atoms with Crippen LogP contribution in [0.3, 0.4) is 0 Å². The van der Waals surface area contributed by atoms with E-state index in [0.29, 0.717) is 12.8 Å². The molecule has 0 amide bonds. The lowest BCUT2D eigenvalue weighted by atomic mass is 9.59. The van der Waals surface area contributed by atoms with Gasteiger partial charge in [-0.05, 0) is 11.8 Å². The van der Waals surface area contributed by atoms with Crippen molar-refractivity contribution in [1.82, 2.24) is 0 Å². The van der Waals surface area contributed by atoms with E-state index in [9.17, 15) is 19.8 Å². The topological polar surface area (TPSA) is 74.6 Å². The van der Waals surface area contributed by atoms with E-state index in [2.05, 4.69) is 0 Å². The second kappa shape index (κ2) is 6.03. The Morgan fingerprint density at radius 2 is 1.35 bits per heavy atom. The Hall–Kier alpha value is -1.06. The average molecular weight is 244 g/mol. The molecule has 4 heteroatoms. The molecule has 0 radical (unpaired) electrons. The van der Waals surface area contributed by atoms with Gasteiger partial charge in [-0.15, -0.1) is 0 Å². The van der Waals surface area contributed by atoms with Crippen molar-refractivity contribution < 1.29 is 19.8 Å². The summed E-state index contributed by atoms with van der Waals surface area (Å²) in [5.74, 6) is -3.24. The van der Waals surface area contributed by atoms with E-state index in [-0.39, 0.29) is 11.8 Å². The highest BCUT2D eigenvalue weighted by Crippen LogP contribution is 2.46. The monoisotopic (exact) mass is 244 g/mol. The number of hydrogen-bond acceptors (Lipinski definition) is 2. The van der Waals surface area contributed by atoms with Crippen LogP contribution in [0.2, 0.25) is 0 Å². The van der Waals surface area contributed by atoms with Crippen molar-refractivity contribution in [3.05, 3.63) is 0 Å². The van der Waals surface area contributed by atoms with Crippen LogP contribution in [0.5, 0.6) is 0 Å². The summed E-state index contributed by atoms with van der Waals surface area (Å²) in [5, 5.41) is 18.8. The second-order valence-electron chi connectivity index (χ2n) is 4.92. The number of carbonyl (C=O) groups is 2. The SMILES string of the molecule is CCC(C)C(C(=O)O)(C(C)CC)C(C)C(=O)O. The molecule has 0 spiro atoms. The summed E-state index contributed by atoms with van der Waals surface area (Å²) >= 11 is 0. The van der Waals surface area contributed by atoms with Crippen LogP contribution in [-0.4, -0.2) is 22.2 Å². The Morgan fingerprint density at radius 1 is 1.00 bits per heavy atom. The predicted octanol–water partition coefficient (Wildman–Crippen LogP) is 2.87. The maximum absolute atomic E-state index is 11.7. The van der Waals surface area contributed by atoms with Crippen LogP contribution in [0.1, 0.15) is 47.5 Å². The number of rotatable bonds is 7. The van der Waals surface area contributed by atoms with Gasteiger partial charge < -0.3 is 10.2 Å². The van der Waals surface area contributed by atoms with Gasteiger partial charge in [-0.1, -0.05) is 47.5 Å². The van der Waals surface area contributed by atoms with Crippen LogP contribution < -0.4 is 0 Å². The van der Waals surface area contributed by atoms with Crippen LogP contribution in [0.15, 0.2) is 0 Å². The fourth-order valence-corrected chi connectivity index (χ4v) is 2.83. The van der Waals surface area contributed by atoms with Gasteiger partial charge in [-0.2, -0.15) is 0 Å². The molecule has 0 aliphatic carbocycles. The van der Waals surface area contributed by atoms with Gasteiger partial charge in [0, 0.05) is 0 Å². The van der Waals surface area contributed by atoms with Crippen LogP contribution in [-0.2, 0) is 9.59 Å². The Kier molecular flexibility index (Phi) is 5.66. The van der Waals surface area contributed by atoms with Gasteiger partial charge in [0.1, 0.15) is 0 Å². The Bertz CT molecular complexity index is 275. The molecule has 17 heavy (non-hydrogen) atoms. The molecule has 0 saturated heterocycles. The summed E-state index contributed by atoms with van der Waals surface area (Å²) < 4.78 is 0. The molecule has 2 N–H and O–H groups in total. The first-order chi connectivity index (χ1) is 7.76. The largest absolute Gasteiger partial charge is 0.481 e. The van der Waals surface area contributed by atoms with E-state index >= 15 is 0 Å². The van der Waals surface area contributed by atoms with E-state index in [1.807, 2.05) is 27.7 Å². The fraction of sp³-hybridized carbons (Fsp3) is 0.846. The summed E-state index contributed by atoms with van der Waals surface area (Å²) in [6, 6.07) is 0. The summed E-state index contributed by atoms with van der Waals surface area (Å²) in [5.41, 5.74) is -1.19. The molecule has 0 aliphatic rings. The lowest BCUT2D eigenvalue weighted by Crippen LogP contribution is -2.50. The minimum absolute atomic E-state index is 0.166. The molecule has 0 heterocycles. The molecule has 0 aromatic rings. The number of hydrogen-bond donors (Lipinski definition) is 2. The number of carboxylic acids is 2. The van der Waals surface area contributed by atoms with E-state index in [1.165, 1.54) is 6.92 Å². The highest BCUT2D eigenvalue weighted by molar-refractivity contribution is 5.83. The van der Waals surface area contributed by atoms with Crippen molar-refractivity contribution in [2.45, 2.75) is 47.5 Å². The highest BCUT2D eigenvalue weighted by Gasteiger charge is 2.53. The van der Waals surface area contributed by atoms with Crippen LogP contribution in [0, 0.1) is 23.2 Å². The summed E-state index contributed by atoms with van der Waals surface area (Å²) in [7, 11) is 0. The molecule has 0 bridgehead atoms. The van der Waals surface area contributed by atoms with Gasteiger partial charge in [0.2, 0.25) is 0 Å². The third-order valence-corrected chi connectivity index (χ3v) is 4.31. The molecular formula is C13H24O4. The average Bonchev–Trinajstić information content (AvgIpc) is 2.28. The Balaban J connectivity index is 5.72. The van der Waals surface area contributed by atoms with Crippen molar-refractivity contribution in [3.63, 3.8) is 0 Å².